The molecule has 0 saturated carbocycles. The number of fused-ring (bicyclic) bond motifs is 2. The van der Waals surface area contributed by atoms with Gasteiger partial charge in [0.2, 0.25) is 0 Å². The summed E-state index contributed by atoms with van der Waals surface area (Å²) in [5.41, 5.74) is 0. The number of rotatable bonds is 0. The summed E-state index contributed by atoms with van der Waals surface area (Å²) in [4.78, 5) is 0.0197. The Morgan fingerprint density at radius 2 is 2.50 bits per heavy atom. The lowest BCUT2D eigenvalue weighted by Gasteiger charge is -2.38. The largest absolute Gasteiger partial charge is 0.310 e. The van der Waals surface area contributed by atoms with Gasteiger partial charge < -0.3 is 4.18 Å². The van der Waals surface area contributed by atoms with Gasteiger partial charge in [0.25, 0.3) is 0 Å². The van der Waals surface area contributed by atoms with Crippen LogP contribution in [0.5, 0.6) is 0 Å². The van der Waals surface area contributed by atoms with Gasteiger partial charge >= 0.3 is 0 Å². The molecule has 3 rings (SSSR count). The smallest absolute Gasteiger partial charge is 0.188 e. The highest BCUT2D eigenvalue weighted by molar-refractivity contribution is 8.04. The molecular weight excluding hydrogens is 168 g/mol. The zero-order chi connectivity index (χ0) is 6.60. The van der Waals surface area contributed by atoms with Crippen molar-refractivity contribution >= 4 is 24.1 Å². The molecule has 2 fully saturated rings. The molecule has 0 aromatic heterocycles. The van der Waals surface area contributed by atoms with Crippen LogP contribution in [-0.4, -0.2) is 16.3 Å². The van der Waals surface area contributed by atoms with E-state index in [1.807, 2.05) is 0 Å². The molecule has 0 aromatic rings. The van der Waals surface area contributed by atoms with Crippen LogP contribution < -0.4 is 0 Å². The Bertz CT molecular complexity index is 200. The van der Waals surface area contributed by atoms with Gasteiger partial charge in [-0.05, 0) is 12.5 Å². The maximum absolute atomic E-state index is 5.30. The average molecular weight is 174 g/mol. The van der Waals surface area contributed by atoms with Gasteiger partial charge in [-0.2, -0.15) is 0 Å². The van der Waals surface area contributed by atoms with E-state index in [2.05, 4.69) is 12.2 Å². The van der Waals surface area contributed by atoms with Crippen molar-refractivity contribution in [3.63, 3.8) is 0 Å². The normalized spacial score (nSPS) is 56.0. The van der Waals surface area contributed by atoms with Gasteiger partial charge in [-0.15, -0.1) is 0 Å². The summed E-state index contributed by atoms with van der Waals surface area (Å²) in [6.07, 6.45) is 5.79. The van der Waals surface area contributed by atoms with E-state index in [4.69, 9.17) is 8.37 Å². The Labute approximate surface area is 67.7 Å². The maximum atomic E-state index is 5.30. The Morgan fingerprint density at radius 3 is 3.00 bits per heavy atom. The summed E-state index contributed by atoms with van der Waals surface area (Å²) in [5, 5.41) is 0.558. The third-order valence-corrected chi connectivity index (χ3v) is 4.32. The van der Waals surface area contributed by atoms with Crippen LogP contribution in [0.2, 0.25) is 0 Å². The van der Waals surface area contributed by atoms with E-state index >= 15 is 0 Å². The van der Waals surface area contributed by atoms with Gasteiger partial charge in [-0.25, -0.2) is 0 Å². The lowest BCUT2D eigenvalue weighted by molar-refractivity contribution is 0.139. The van der Waals surface area contributed by atoms with Crippen molar-refractivity contribution in [2.45, 2.75) is 22.7 Å². The minimum Gasteiger partial charge on any atom is -0.310 e. The number of hydrogen-bond donors (Lipinski definition) is 0. The molecule has 3 aliphatic rings. The van der Waals surface area contributed by atoms with Crippen molar-refractivity contribution in [2.24, 2.45) is 0 Å². The monoisotopic (exact) mass is 174 g/mol. The minimum absolute atomic E-state index is 0.0197. The SMILES string of the molecule is C1=CC2(OS2)C2SOC2C1. The summed E-state index contributed by atoms with van der Waals surface area (Å²) >= 11 is 3.13. The molecule has 3 unspecified atom stereocenters. The summed E-state index contributed by atoms with van der Waals surface area (Å²) < 4.78 is 10.6. The first-order valence-electron chi connectivity index (χ1n) is 3.27. The van der Waals surface area contributed by atoms with Crippen LogP contribution in [0.3, 0.4) is 0 Å². The van der Waals surface area contributed by atoms with Crippen LogP contribution in [0.1, 0.15) is 6.42 Å². The van der Waals surface area contributed by atoms with E-state index < -0.39 is 0 Å². The predicted octanol–water partition coefficient (Wildman–Crippen LogP) is 1.74. The van der Waals surface area contributed by atoms with Crippen molar-refractivity contribution in [1.82, 2.24) is 0 Å². The van der Waals surface area contributed by atoms with E-state index in [0.717, 1.165) is 6.42 Å². The summed E-state index contributed by atoms with van der Waals surface area (Å²) in [7, 11) is 0. The summed E-state index contributed by atoms with van der Waals surface area (Å²) in [5.74, 6) is 0. The van der Waals surface area contributed by atoms with Crippen LogP contribution in [0, 0.1) is 0 Å². The highest BCUT2D eigenvalue weighted by atomic mass is 32.2. The fourth-order valence-electron chi connectivity index (χ4n) is 1.34. The summed E-state index contributed by atoms with van der Waals surface area (Å²) in [6.45, 7) is 0. The molecule has 2 nitrogen and oxygen atoms in total. The Hall–Kier alpha value is 0.360. The lowest BCUT2D eigenvalue weighted by Crippen LogP contribution is -2.45. The van der Waals surface area contributed by atoms with Crippen molar-refractivity contribution in [2.75, 3.05) is 0 Å². The second-order valence-electron chi connectivity index (χ2n) is 2.68. The Balaban J connectivity index is 1.95. The van der Waals surface area contributed by atoms with E-state index in [-0.39, 0.29) is 4.93 Å². The quantitative estimate of drug-likeness (QED) is 0.317. The van der Waals surface area contributed by atoms with Crippen LogP contribution >= 0.6 is 24.1 Å². The molecule has 0 N–H and O–H groups in total. The maximum Gasteiger partial charge on any atom is 0.188 e. The van der Waals surface area contributed by atoms with Gasteiger partial charge in [-0.1, -0.05) is 6.08 Å². The Morgan fingerprint density at radius 1 is 1.60 bits per heavy atom. The van der Waals surface area contributed by atoms with Crippen LogP contribution in [0.25, 0.3) is 0 Å². The highest BCUT2D eigenvalue weighted by Crippen LogP contribution is 2.61. The van der Waals surface area contributed by atoms with Crippen molar-refractivity contribution in [3.8, 4) is 0 Å². The van der Waals surface area contributed by atoms with Crippen LogP contribution in [-0.2, 0) is 8.37 Å². The third kappa shape index (κ3) is 0.605. The molecule has 0 aromatic carbocycles. The van der Waals surface area contributed by atoms with Gasteiger partial charge in [0.15, 0.2) is 4.93 Å². The van der Waals surface area contributed by atoms with E-state index in [1.54, 1.807) is 24.1 Å². The summed E-state index contributed by atoms with van der Waals surface area (Å²) in [6, 6.07) is 0. The molecule has 10 heavy (non-hydrogen) atoms. The molecule has 1 spiro atoms. The van der Waals surface area contributed by atoms with Gasteiger partial charge in [0.05, 0.1) is 6.10 Å². The molecule has 1 aliphatic carbocycles. The Kier molecular flexibility index (Phi) is 1.04. The van der Waals surface area contributed by atoms with Crippen LogP contribution in [0.4, 0.5) is 0 Å². The molecule has 0 radical (unpaired) electrons. The van der Waals surface area contributed by atoms with Gasteiger partial charge in [0.1, 0.15) is 5.25 Å². The van der Waals surface area contributed by atoms with Gasteiger partial charge in [0, 0.05) is 24.1 Å². The zero-order valence-electron chi connectivity index (χ0n) is 5.15. The minimum atomic E-state index is 0.0197. The second kappa shape index (κ2) is 1.75. The fourth-order valence-corrected chi connectivity index (χ4v) is 3.12. The zero-order valence-corrected chi connectivity index (χ0v) is 6.78. The second-order valence-corrected chi connectivity index (χ2v) is 4.54. The first kappa shape index (κ1) is 5.94. The van der Waals surface area contributed by atoms with Crippen molar-refractivity contribution in [1.29, 1.82) is 0 Å². The lowest BCUT2D eigenvalue weighted by atomic mass is 10.0. The van der Waals surface area contributed by atoms with E-state index in [9.17, 15) is 0 Å². The third-order valence-electron chi connectivity index (χ3n) is 2.01. The molecule has 2 heterocycles. The highest BCUT2D eigenvalue weighted by Gasteiger charge is 2.61. The first-order chi connectivity index (χ1) is 4.91. The van der Waals surface area contributed by atoms with E-state index in [1.165, 1.54) is 0 Å². The fraction of sp³-hybridized carbons (Fsp3) is 0.667. The molecule has 0 bridgehead atoms. The van der Waals surface area contributed by atoms with Crippen molar-refractivity contribution < 1.29 is 8.37 Å². The average Bonchev–Trinajstić information content (AvgIpc) is 2.57. The van der Waals surface area contributed by atoms with Crippen LogP contribution in [0.15, 0.2) is 12.2 Å². The molecule has 3 atom stereocenters. The van der Waals surface area contributed by atoms with E-state index in [0.29, 0.717) is 11.4 Å². The van der Waals surface area contributed by atoms with Crippen molar-refractivity contribution in [3.05, 3.63) is 12.2 Å². The molecule has 54 valence electrons. The molecular formula is C6H6O2S2. The van der Waals surface area contributed by atoms with Gasteiger partial charge in [-0.3, -0.25) is 4.18 Å². The first-order valence-corrected chi connectivity index (χ1v) is 4.82. The number of hydrogen-bond acceptors (Lipinski definition) is 4. The molecule has 2 saturated heterocycles. The molecule has 4 heteroatoms. The topological polar surface area (TPSA) is 21.8 Å². The molecule has 0 amide bonds. The molecule has 2 aliphatic heterocycles. The standard InChI is InChI=1S/C6H6O2S2/c1-2-4-5(9-7-4)6(3-1)8-10-6/h1,3-5H,2H2. The predicted molar refractivity (Wildman–Crippen MR) is 41.4 cm³/mol.